The van der Waals surface area contributed by atoms with Crippen LogP contribution >= 0.6 is 11.8 Å². The lowest BCUT2D eigenvalue weighted by atomic mass is 10.2. The van der Waals surface area contributed by atoms with Crippen molar-refractivity contribution in [3.8, 4) is 11.4 Å². The number of H-pyrrole nitrogens is 1. The van der Waals surface area contributed by atoms with Crippen LogP contribution < -0.4 is 11.1 Å². The highest BCUT2D eigenvalue weighted by molar-refractivity contribution is 7.98. The zero-order chi connectivity index (χ0) is 13.8. The maximum atomic E-state index is 7.49. The van der Waals surface area contributed by atoms with E-state index >= 15 is 0 Å². The maximum Gasteiger partial charge on any atom is 0.187 e. The van der Waals surface area contributed by atoms with Gasteiger partial charge < -0.3 is 16.5 Å². The lowest BCUT2D eigenvalue weighted by Gasteiger charge is -2.03. The average molecular weight is 275 g/mol. The van der Waals surface area contributed by atoms with Gasteiger partial charge in [-0.25, -0.2) is 9.97 Å². The third-order valence-corrected chi connectivity index (χ3v) is 2.86. The summed E-state index contributed by atoms with van der Waals surface area (Å²) in [5.74, 6) is 0.704. The molecule has 7 nitrogen and oxygen atoms in total. The Balaban J connectivity index is 2.47. The molecular weight excluding hydrogens is 262 g/mol. The molecule has 0 saturated heterocycles. The maximum absolute atomic E-state index is 7.49. The quantitative estimate of drug-likeness (QED) is 0.372. The zero-order valence-corrected chi connectivity index (χ0v) is 11.1. The van der Waals surface area contributed by atoms with Crippen molar-refractivity contribution in [1.29, 1.82) is 5.41 Å². The first-order valence-electron chi connectivity index (χ1n) is 5.33. The number of aromatic amines is 1. The van der Waals surface area contributed by atoms with Gasteiger partial charge in [-0.1, -0.05) is 18.3 Å². The molecule has 19 heavy (non-hydrogen) atoms. The van der Waals surface area contributed by atoms with Crippen LogP contribution in [0.5, 0.6) is 0 Å². The molecule has 2 aromatic rings. The fourth-order valence-corrected chi connectivity index (χ4v) is 1.87. The average Bonchev–Trinajstić information content (AvgIpc) is 2.80. The Bertz CT molecular complexity index is 619. The third-order valence-electron chi connectivity index (χ3n) is 2.30. The van der Waals surface area contributed by atoms with Crippen LogP contribution in [0.25, 0.3) is 11.4 Å². The van der Waals surface area contributed by atoms with Gasteiger partial charge in [-0.3, -0.25) is 5.10 Å². The molecule has 0 saturated carbocycles. The molecule has 2 heterocycles. The minimum atomic E-state index is 0.258. The smallest absolute Gasteiger partial charge is 0.187 e. The molecule has 0 fully saturated rings. The van der Waals surface area contributed by atoms with Crippen molar-refractivity contribution in [2.45, 2.75) is 5.16 Å². The summed E-state index contributed by atoms with van der Waals surface area (Å²) in [5.41, 5.74) is 7.35. The van der Waals surface area contributed by atoms with E-state index < -0.39 is 0 Å². The van der Waals surface area contributed by atoms with Crippen molar-refractivity contribution in [2.75, 3.05) is 11.6 Å². The zero-order valence-electron chi connectivity index (χ0n) is 10.3. The summed E-state index contributed by atoms with van der Waals surface area (Å²) in [6.45, 7) is 3.54. The summed E-state index contributed by atoms with van der Waals surface area (Å²) in [6, 6.07) is 1.75. The van der Waals surface area contributed by atoms with E-state index in [9.17, 15) is 0 Å². The van der Waals surface area contributed by atoms with E-state index in [4.69, 9.17) is 11.1 Å². The molecule has 0 aliphatic rings. The second-order valence-electron chi connectivity index (χ2n) is 3.58. The first kappa shape index (κ1) is 13.1. The van der Waals surface area contributed by atoms with Gasteiger partial charge in [0.05, 0.1) is 22.8 Å². The van der Waals surface area contributed by atoms with Gasteiger partial charge in [0, 0.05) is 12.4 Å². The minimum absolute atomic E-state index is 0.258. The molecule has 98 valence electrons. The van der Waals surface area contributed by atoms with Crippen molar-refractivity contribution >= 4 is 23.8 Å². The largest absolute Gasteiger partial charge is 0.386 e. The van der Waals surface area contributed by atoms with E-state index in [1.807, 2.05) is 6.26 Å². The summed E-state index contributed by atoms with van der Waals surface area (Å²) in [6.07, 6.45) is 4.75. The minimum Gasteiger partial charge on any atom is -0.386 e. The Labute approximate surface area is 114 Å². The van der Waals surface area contributed by atoms with E-state index in [-0.39, 0.29) is 5.82 Å². The van der Waals surface area contributed by atoms with Crippen molar-refractivity contribution in [2.24, 2.45) is 5.73 Å². The first-order chi connectivity index (χ1) is 9.15. The van der Waals surface area contributed by atoms with Gasteiger partial charge in [0.15, 0.2) is 11.0 Å². The number of anilines is 1. The van der Waals surface area contributed by atoms with Gasteiger partial charge in [-0.15, -0.1) is 0 Å². The summed E-state index contributed by atoms with van der Waals surface area (Å²) in [5, 5.41) is 17.8. The molecule has 0 aliphatic carbocycles. The van der Waals surface area contributed by atoms with Crippen LogP contribution in [0.4, 0.5) is 5.82 Å². The molecule has 0 aliphatic heterocycles. The molecular formula is C11H13N7S. The molecule has 0 spiro atoms. The highest BCUT2D eigenvalue weighted by Gasteiger charge is 2.14. The first-order valence-corrected chi connectivity index (χ1v) is 6.55. The highest BCUT2D eigenvalue weighted by atomic mass is 32.2. The lowest BCUT2D eigenvalue weighted by molar-refractivity contribution is 0.966. The predicted octanol–water partition coefficient (Wildman–Crippen LogP) is 1.43. The van der Waals surface area contributed by atoms with Gasteiger partial charge in [-0.05, 0) is 12.3 Å². The van der Waals surface area contributed by atoms with E-state index in [1.54, 1.807) is 12.3 Å². The van der Waals surface area contributed by atoms with Crippen LogP contribution in [-0.4, -0.2) is 32.6 Å². The third kappa shape index (κ3) is 2.74. The SMILES string of the molecule is C=C(N)Nc1n[nH]c(-c2ccnc(SC)n2)c1C=N. The molecule has 5 N–H and O–H groups in total. The number of nitrogens with zero attached hydrogens (tertiary/aromatic N) is 3. The van der Waals surface area contributed by atoms with Crippen molar-refractivity contribution in [3.05, 3.63) is 30.2 Å². The normalized spacial score (nSPS) is 10.2. The van der Waals surface area contributed by atoms with Crippen LogP contribution in [0.2, 0.25) is 0 Å². The molecule has 0 bridgehead atoms. The predicted molar refractivity (Wildman–Crippen MR) is 76.2 cm³/mol. The van der Waals surface area contributed by atoms with Crippen molar-refractivity contribution < 1.29 is 0 Å². The number of thioether (sulfide) groups is 1. The number of rotatable bonds is 5. The van der Waals surface area contributed by atoms with Gasteiger partial charge >= 0.3 is 0 Å². The van der Waals surface area contributed by atoms with Gasteiger partial charge in [0.1, 0.15) is 0 Å². The van der Waals surface area contributed by atoms with E-state index in [0.717, 1.165) is 0 Å². The molecule has 8 heteroatoms. The van der Waals surface area contributed by atoms with Gasteiger partial charge in [0.25, 0.3) is 0 Å². The summed E-state index contributed by atoms with van der Waals surface area (Å²) in [4.78, 5) is 8.46. The molecule has 0 atom stereocenters. The lowest BCUT2D eigenvalue weighted by Crippen LogP contribution is -2.08. The fourth-order valence-electron chi connectivity index (χ4n) is 1.51. The Morgan fingerprint density at radius 2 is 2.42 bits per heavy atom. The van der Waals surface area contributed by atoms with Gasteiger partial charge in [0.2, 0.25) is 0 Å². The molecule has 2 rings (SSSR count). The van der Waals surface area contributed by atoms with Crippen LogP contribution in [0, 0.1) is 5.41 Å². The Morgan fingerprint density at radius 3 is 3.05 bits per heavy atom. The molecule has 2 aromatic heterocycles. The number of nitrogens with two attached hydrogens (primary N) is 1. The fraction of sp³-hybridized carbons (Fsp3) is 0.0909. The van der Waals surface area contributed by atoms with Crippen molar-refractivity contribution in [1.82, 2.24) is 20.2 Å². The monoisotopic (exact) mass is 275 g/mol. The Hall–Kier alpha value is -2.35. The molecule has 0 unspecified atom stereocenters. The number of nitrogens with one attached hydrogen (secondary N) is 3. The number of aromatic nitrogens is 4. The number of hydrogen-bond donors (Lipinski definition) is 4. The second kappa shape index (κ2) is 5.53. The van der Waals surface area contributed by atoms with Crippen LogP contribution in [-0.2, 0) is 0 Å². The van der Waals surface area contributed by atoms with Crippen LogP contribution in [0.3, 0.4) is 0 Å². The van der Waals surface area contributed by atoms with Crippen LogP contribution in [0.1, 0.15) is 5.56 Å². The second-order valence-corrected chi connectivity index (χ2v) is 4.36. The van der Waals surface area contributed by atoms with E-state index in [2.05, 4.69) is 32.1 Å². The number of hydrogen-bond acceptors (Lipinski definition) is 7. The van der Waals surface area contributed by atoms with Crippen LogP contribution in [0.15, 0.2) is 29.8 Å². The standard InChI is InChI=1S/C11H13N7S/c1-6(13)15-10-7(5-12)9(17-18-10)8-3-4-14-11(16-8)19-2/h3-5,12H,1,13H2,2H3,(H2,15,17,18). The topological polar surface area (TPSA) is 116 Å². The van der Waals surface area contributed by atoms with Crippen molar-refractivity contribution in [3.63, 3.8) is 0 Å². The van der Waals surface area contributed by atoms with E-state index in [1.165, 1.54) is 18.0 Å². The Kier molecular flexibility index (Phi) is 3.81. The summed E-state index contributed by atoms with van der Waals surface area (Å²) < 4.78 is 0. The summed E-state index contributed by atoms with van der Waals surface area (Å²) >= 11 is 1.45. The summed E-state index contributed by atoms with van der Waals surface area (Å²) in [7, 11) is 0. The van der Waals surface area contributed by atoms with E-state index in [0.29, 0.717) is 27.9 Å². The Morgan fingerprint density at radius 1 is 1.63 bits per heavy atom. The van der Waals surface area contributed by atoms with Gasteiger partial charge in [-0.2, -0.15) is 5.10 Å². The molecule has 0 radical (unpaired) electrons. The molecule has 0 amide bonds. The highest BCUT2D eigenvalue weighted by Crippen LogP contribution is 2.24. The molecule has 0 aromatic carbocycles.